The number of ether oxygens (including phenoxy) is 2. The van der Waals surface area contributed by atoms with Crippen molar-refractivity contribution in [1.29, 1.82) is 0 Å². The number of halogens is 2. The minimum Gasteiger partial charge on any atom is -0.466 e. The monoisotopic (exact) mass is 709 g/mol. The van der Waals surface area contributed by atoms with Gasteiger partial charge in [0.25, 0.3) is 0 Å². The van der Waals surface area contributed by atoms with Crippen molar-refractivity contribution < 1.29 is 37.4 Å². The van der Waals surface area contributed by atoms with Gasteiger partial charge < -0.3 is 25.0 Å². The molecule has 0 aliphatic carbocycles. The minimum atomic E-state index is -1.15. The Morgan fingerprint density at radius 1 is 0.980 bits per heavy atom. The molecule has 4 rings (SSSR count). The lowest BCUT2D eigenvalue weighted by Crippen LogP contribution is -2.49. The number of carbonyl (C=O) groups excluding carboxylic acids is 4. The predicted molar refractivity (Wildman–Crippen MR) is 188 cm³/mol. The van der Waals surface area contributed by atoms with Crippen LogP contribution in [0.4, 0.5) is 18.4 Å². The number of fused-ring (bicyclic) bond motifs is 1. The standard InChI is InChI=1S/C38H49F2N5O6/c1-10-50-32(46)18-29(28-17-26(14-24(6)34(28)40)33-22(4)15-27(39)16-23(33)5)41-35(47)30(13-21(2)3)42-36(48)45-19-25-11-12-44(20-31(25)43-45)37(49)51-38(7,8)9/h14-17,19,21,29-30H,10-13,18,20H2,1-9H3,(H,41,47)(H,42,48)/t29-,30-/m0/s1. The number of nitrogens with zero attached hydrogens (tertiary/aromatic N) is 3. The van der Waals surface area contributed by atoms with Crippen LogP contribution in [-0.2, 0) is 32.0 Å². The summed E-state index contributed by atoms with van der Waals surface area (Å²) in [6, 6.07) is 3.10. The molecule has 51 heavy (non-hydrogen) atoms. The second-order valence-corrected chi connectivity index (χ2v) is 14.5. The Morgan fingerprint density at radius 2 is 1.65 bits per heavy atom. The number of aromatic nitrogens is 2. The summed E-state index contributed by atoms with van der Waals surface area (Å²) in [7, 11) is 0. The van der Waals surface area contributed by atoms with Crippen LogP contribution in [0.5, 0.6) is 0 Å². The Bertz CT molecular complexity index is 1770. The molecule has 0 spiro atoms. The number of benzene rings is 2. The summed E-state index contributed by atoms with van der Waals surface area (Å²) >= 11 is 0. The molecule has 2 aromatic carbocycles. The first kappa shape index (κ1) is 39.0. The fraction of sp³-hybridized carbons (Fsp3) is 0.500. The summed E-state index contributed by atoms with van der Waals surface area (Å²) in [6.45, 7) is 16.5. The van der Waals surface area contributed by atoms with E-state index in [0.29, 0.717) is 40.9 Å². The van der Waals surface area contributed by atoms with Gasteiger partial charge in [-0.2, -0.15) is 9.78 Å². The fourth-order valence-electron chi connectivity index (χ4n) is 6.27. The van der Waals surface area contributed by atoms with E-state index in [9.17, 15) is 23.6 Å². The van der Waals surface area contributed by atoms with Gasteiger partial charge in [-0.15, -0.1) is 0 Å². The smallest absolute Gasteiger partial charge is 0.410 e. The molecular weight excluding hydrogens is 660 g/mol. The molecule has 0 radical (unpaired) electrons. The van der Waals surface area contributed by atoms with Gasteiger partial charge in [0, 0.05) is 18.3 Å². The molecule has 1 aromatic heterocycles. The third-order valence-corrected chi connectivity index (χ3v) is 8.49. The highest BCUT2D eigenvalue weighted by molar-refractivity contribution is 5.88. The first-order valence-corrected chi connectivity index (χ1v) is 17.3. The summed E-state index contributed by atoms with van der Waals surface area (Å²) in [5.74, 6) is -2.32. The summed E-state index contributed by atoms with van der Waals surface area (Å²) in [5.41, 5.74) is 3.60. The van der Waals surface area contributed by atoms with E-state index in [1.54, 1.807) is 66.8 Å². The average Bonchev–Trinajstić information content (AvgIpc) is 3.44. The molecule has 2 N–H and O–H groups in total. The number of hydrogen-bond donors (Lipinski definition) is 2. The van der Waals surface area contributed by atoms with Gasteiger partial charge in [-0.1, -0.05) is 13.8 Å². The van der Waals surface area contributed by atoms with Gasteiger partial charge in [0.15, 0.2) is 0 Å². The third kappa shape index (κ3) is 9.92. The molecule has 0 saturated heterocycles. The lowest BCUT2D eigenvalue weighted by molar-refractivity contribution is -0.143. The van der Waals surface area contributed by atoms with Gasteiger partial charge in [-0.05, 0) is 125 Å². The van der Waals surface area contributed by atoms with Crippen LogP contribution in [0.15, 0.2) is 30.5 Å². The minimum absolute atomic E-state index is 0.0375. The Kier molecular flexibility index (Phi) is 12.3. The van der Waals surface area contributed by atoms with Gasteiger partial charge in [0.1, 0.15) is 23.3 Å². The highest BCUT2D eigenvalue weighted by Crippen LogP contribution is 2.34. The topological polar surface area (TPSA) is 132 Å². The number of aryl methyl sites for hydroxylation is 3. The third-order valence-electron chi connectivity index (χ3n) is 8.49. The fourth-order valence-corrected chi connectivity index (χ4v) is 6.27. The Hall–Kier alpha value is -4.81. The molecule has 3 aromatic rings. The summed E-state index contributed by atoms with van der Waals surface area (Å²) < 4.78 is 41.8. The van der Waals surface area contributed by atoms with Gasteiger partial charge in [-0.25, -0.2) is 18.4 Å². The van der Waals surface area contributed by atoms with Gasteiger partial charge in [0.2, 0.25) is 5.91 Å². The second-order valence-electron chi connectivity index (χ2n) is 14.5. The summed E-state index contributed by atoms with van der Waals surface area (Å²) in [5, 5.41) is 9.98. The Labute approximate surface area is 298 Å². The molecule has 0 fully saturated rings. The zero-order valence-corrected chi connectivity index (χ0v) is 30.9. The van der Waals surface area contributed by atoms with E-state index >= 15 is 4.39 Å². The lowest BCUT2D eigenvalue weighted by atomic mass is 9.90. The maximum Gasteiger partial charge on any atom is 0.410 e. The maximum absolute atomic E-state index is 15.9. The van der Waals surface area contributed by atoms with E-state index in [4.69, 9.17) is 9.47 Å². The van der Waals surface area contributed by atoms with Crippen LogP contribution in [0.2, 0.25) is 0 Å². The van der Waals surface area contributed by atoms with Crippen molar-refractivity contribution in [3.05, 3.63) is 75.6 Å². The number of nitrogens with one attached hydrogen (secondary N) is 2. The van der Waals surface area contributed by atoms with E-state index in [-0.39, 0.29) is 43.0 Å². The molecular formula is C38H49F2N5O6. The van der Waals surface area contributed by atoms with Crippen molar-refractivity contribution in [2.75, 3.05) is 13.2 Å². The molecule has 11 nitrogen and oxygen atoms in total. The van der Waals surface area contributed by atoms with Crippen LogP contribution < -0.4 is 10.6 Å². The van der Waals surface area contributed by atoms with Crippen LogP contribution >= 0.6 is 0 Å². The van der Waals surface area contributed by atoms with Crippen LogP contribution in [0.25, 0.3) is 11.1 Å². The van der Waals surface area contributed by atoms with Crippen LogP contribution in [0, 0.1) is 38.3 Å². The number of hydrogen-bond acceptors (Lipinski definition) is 7. The summed E-state index contributed by atoms with van der Waals surface area (Å²) in [4.78, 5) is 54.4. The van der Waals surface area contributed by atoms with Crippen molar-refractivity contribution in [3.8, 4) is 11.1 Å². The lowest BCUT2D eigenvalue weighted by Gasteiger charge is -2.29. The first-order valence-electron chi connectivity index (χ1n) is 17.3. The van der Waals surface area contributed by atoms with E-state index in [1.807, 2.05) is 13.8 Å². The summed E-state index contributed by atoms with van der Waals surface area (Å²) in [6.07, 6.45) is 1.43. The Balaban J connectivity index is 1.61. The van der Waals surface area contributed by atoms with Crippen molar-refractivity contribution >= 4 is 24.0 Å². The molecule has 0 saturated carbocycles. The molecule has 0 unspecified atom stereocenters. The van der Waals surface area contributed by atoms with E-state index in [2.05, 4.69) is 15.7 Å². The van der Waals surface area contributed by atoms with Crippen LogP contribution in [0.3, 0.4) is 0 Å². The zero-order valence-electron chi connectivity index (χ0n) is 30.9. The number of amides is 3. The zero-order chi connectivity index (χ0) is 37.8. The maximum atomic E-state index is 15.9. The molecule has 1 aliphatic rings. The number of rotatable bonds is 10. The molecule has 1 aliphatic heterocycles. The SMILES string of the molecule is CCOC(=O)C[C@H](NC(=O)[C@H](CC(C)C)NC(=O)n1cc2c(n1)CN(C(=O)OC(C)(C)C)CC2)c1cc(-c2c(C)cc(F)cc2C)cc(C)c1F. The van der Waals surface area contributed by atoms with E-state index in [0.717, 1.165) is 10.2 Å². The number of esters is 1. The molecule has 0 bridgehead atoms. The Morgan fingerprint density at radius 3 is 2.25 bits per heavy atom. The quantitative estimate of drug-likeness (QED) is 0.221. The van der Waals surface area contributed by atoms with E-state index in [1.165, 1.54) is 17.0 Å². The van der Waals surface area contributed by atoms with Crippen LogP contribution in [-0.4, -0.2) is 63.5 Å². The van der Waals surface area contributed by atoms with Gasteiger partial charge >= 0.3 is 18.1 Å². The molecule has 276 valence electrons. The molecule has 3 amide bonds. The van der Waals surface area contributed by atoms with Crippen LogP contribution in [0.1, 0.15) is 93.9 Å². The van der Waals surface area contributed by atoms with E-state index < -0.39 is 53.3 Å². The largest absolute Gasteiger partial charge is 0.466 e. The highest BCUT2D eigenvalue weighted by atomic mass is 19.1. The van der Waals surface area contributed by atoms with Gasteiger partial charge in [-0.3, -0.25) is 9.59 Å². The normalized spacial score (nSPS) is 14.1. The predicted octanol–water partition coefficient (Wildman–Crippen LogP) is 6.83. The van der Waals surface area contributed by atoms with Crippen molar-refractivity contribution in [3.63, 3.8) is 0 Å². The first-order chi connectivity index (χ1) is 23.9. The van der Waals surface area contributed by atoms with Crippen molar-refractivity contribution in [1.82, 2.24) is 25.3 Å². The molecule has 2 heterocycles. The second kappa shape index (κ2) is 16.0. The van der Waals surface area contributed by atoms with Crippen molar-refractivity contribution in [2.24, 2.45) is 5.92 Å². The average molecular weight is 710 g/mol. The van der Waals surface area contributed by atoms with Crippen molar-refractivity contribution in [2.45, 2.75) is 106 Å². The molecule has 2 atom stereocenters. The van der Waals surface area contributed by atoms with Gasteiger partial charge in [0.05, 0.1) is 31.3 Å². The number of carbonyl (C=O) groups is 4. The molecule has 13 heteroatoms. The highest BCUT2D eigenvalue weighted by Gasteiger charge is 2.31.